The van der Waals surface area contributed by atoms with Crippen molar-refractivity contribution in [3.05, 3.63) is 23.8 Å². The van der Waals surface area contributed by atoms with E-state index in [1.165, 1.54) is 6.92 Å². The van der Waals surface area contributed by atoms with Crippen molar-refractivity contribution in [2.24, 2.45) is 5.73 Å². The second-order valence-electron chi connectivity index (χ2n) is 4.54. The molecule has 4 N–H and O–H groups in total. The fourth-order valence-electron chi connectivity index (χ4n) is 1.76. The number of amides is 2. The van der Waals surface area contributed by atoms with Crippen LogP contribution < -0.4 is 16.4 Å². The van der Waals surface area contributed by atoms with E-state index < -0.39 is 6.04 Å². The van der Waals surface area contributed by atoms with Gasteiger partial charge in [-0.25, -0.2) is 0 Å². The largest absolute Gasteiger partial charge is 0.326 e. The van der Waals surface area contributed by atoms with E-state index >= 15 is 0 Å². The molecule has 0 saturated heterocycles. The van der Waals surface area contributed by atoms with E-state index in [2.05, 4.69) is 10.6 Å². The number of anilines is 2. The summed E-state index contributed by atoms with van der Waals surface area (Å²) in [7, 11) is 0. The van der Waals surface area contributed by atoms with Crippen molar-refractivity contribution in [3.8, 4) is 0 Å². The van der Waals surface area contributed by atoms with Gasteiger partial charge in [0.1, 0.15) is 0 Å². The van der Waals surface area contributed by atoms with Crippen molar-refractivity contribution >= 4 is 35.6 Å². The summed E-state index contributed by atoms with van der Waals surface area (Å²) >= 11 is 0. The molecule has 5 nitrogen and oxygen atoms in total. The van der Waals surface area contributed by atoms with Gasteiger partial charge in [-0.15, -0.1) is 12.4 Å². The number of carbonyl (C=O) groups excluding carboxylic acids is 2. The molecule has 0 spiro atoms. The molecule has 112 valence electrons. The maximum atomic E-state index is 11.9. The minimum Gasteiger partial charge on any atom is -0.326 e. The fourth-order valence-corrected chi connectivity index (χ4v) is 1.76. The molecule has 0 saturated carbocycles. The summed E-state index contributed by atoms with van der Waals surface area (Å²) in [4.78, 5) is 22.9. The third-order valence-corrected chi connectivity index (χ3v) is 2.84. The van der Waals surface area contributed by atoms with Crippen LogP contribution in [0.25, 0.3) is 0 Å². The average Bonchev–Trinajstić information content (AvgIpc) is 2.34. The van der Waals surface area contributed by atoms with Crippen LogP contribution >= 0.6 is 12.4 Å². The van der Waals surface area contributed by atoms with Gasteiger partial charge in [0.25, 0.3) is 0 Å². The van der Waals surface area contributed by atoms with E-state index in [0.717, 1.165) is 12.0 Å². The average molecular weight is 300 g/mol. The highest BCUT2D eigenvalue weighted by atomic mass is 35.5. The molecule has 1 rings (SSSR count). The third-order valence-electron chi connectivity index (χ3n) is 2.84. The van der Waals surface area contributed by atoms with Crippen molar-refractivity contribution in [2.45, 2.75) is 39.7 Å². The summed E-state index contributed by atoms with van der Waals surface area (Å²) in [5.41, 5.74) is 7.94. The van der Waals surface area contributed by atoms with Crippen LogP contribution in [0.15, 0.2) is 18.2 Å². The number of halogens is 1. The molecule has 0 aromatic heterocycles. The number of hydrogen-bond acceptors (Lipinski definition) is 3. The van der Waals surface area contributed by atoms with Crippen molar-refractivity contribution in [3.63, 3.8) is 0 Å². The first kappa shape index (κ1) is 18.4. The maximum Gasteiger partial charge on any atom is 0.241 e. The number of benzene rings is 1. The summed E-state index contributed by atoms with van der Waals surface area (Å²) in [6, 6.07) is 4.85. The standard InChI is InChI=1S/C14H21N3O2.ClH/c1-4-6-11(15)14(19)17-13-8-5-7-12(9(13)2)16-10(3)18;/h5,7-8,11H,4,6,15H2,1-3H3,(H,16,18)(H,17,19);1H. The Morgan fingerprint density at radius 1 is 1.25 bits per heavy atom. The van der Waals surface area contributed by atoms with Crippen LogP contribution in [0.2, 0.25) is 0 Å². The predicted molar refractivity (Wildman–Crippen MR) is 84.2 cm³/mol. The third kappa shape index (κ3) is 5.19. The topological polar surface area (TPSA) is 84.2 Å². The molecule has 1 aromatic carbocycles. The van der Waals surface area contributed by atoms with E-state index in [4.69, 9.17) is 5.73 Å². The van der Waals surface area contributed by atoms with Crippen LogP contribution in [0, 0.1) is 6.92 Å². The molecule has 0 heterocycles. The molecule has 0 aliphatic rings. The lowest BCUT2D eigenvalue weighted by atomic mass is 10.1. The molecule has 2 amide bonds. The number of rotatable bonds is 5. The zero-order valence-electron chi connectivity index (χ0n) is 12.0. The molecule has 20 heavy (non-hydrogen) atoms. The molecule has 1 atom stereocenters. The zero-order chi connectivity index (χ0) is 14.4. The van der Waals surface area contributed by atoms with Crippen molar-refractivity contribution in [1.29, 1.82) is 0 Å². The monoisotopic (exact) mass is 299 g/mol. The SMILES string of the molecule is CCCC(N)C(=O)Nc1cccc(NC(C)=O)c1C.Cl. The molecule has 1 aromatic rings. The first-order valence-electron chi connectivity index (χ1n) is 6.39. The Balaban J connectivity index is 0.00000361. The lowest BCUT2D eigenvalue weighted by molar-refractivity contribution is -0.117. The Kier molecular flexibility index (Phi) is 7.87. The highest BCUT2D eigenvalue weighted by molar-refractivity contribution is 5.97. The lowest BCUT2D eigenvalue weighted by Crippen LogP contribution is -2.35. The van der Waals surface area contributed by atoms with Gasteiger partial charge in [0.2, 0.25) is 11.8 Å². The van der Waals surface area contributed by atoms with E-state index in [0.29, 0.717) is 17.8 Å². The fraction of sp³-hybridized carbons (Fsp3) is 0.429. The second kappa shape index (κ2) is 8.55. The van der Waals surface area contributed by atoms with Crippen LogP contribution in [-0.2, 0) is 9.59 Å². The minimum atomic E-state index is -0.506. The first-order valence-corrected chi connectivity index (χ1v) is 6.39. The molecule has 0 radical (unpaired) electrons. The summed E-state index contributed by atoms with van der Waals surface area (Å²) in [6.45, 7) is 5.27. The van der Waals surface area contributed by atoms with Gasteiger partial charge in [0, 0.05) is 18.3 Å². The van der Waals surface area contributed by atoms with E-state index in [1.54, 1.807) is 18.2 Å². The van der Waals surface area contributed by atoms with Crippen molar-refractivity contribution in [2.75, 3.05) is 10.6 Å². The Morgan fingerprint density at radius 2 is 1.80 bits per heavy atom. The molecule has 0 aliphatic heterocycles. The molecular formula is C14H22ClN3O2. The van der Waals surface area contributed by atoms with Gasteiger partial charge in [0.15, 0.2) is 0 Å². The smallest absolute Gasteiger partial charge is 0.241 e. The Labute approximate surface area is 125 Å². The first-order chi connectivity index (χ1) is 8.95. The predicted octanol–water partition coefficient (Wildman–Crippen LogP) is 2.44. The molecule has 0 bridgehead atoms. The minimum absolute atomic E-state index is 0. The Morgan fingerprint density at radius 3 is 2.30 bits per heavy atom. The van der Waals surface area contributed by atoms with E-state index in [1.807, 2.05) is 13.8 Å². The molecular weight excluding hydrogens is 278 g/mol. The summed E-state index contributed by atoms with van der Waals surface area (Å²) < 4.78 is 0. The highest BCUT2D eigenvalue weighted by Crippen LogP contribution is 2.23. The Hall–Kier alpha value is -1.59. The number of nitrogens with one attached hydrogen (secondary N) is 2. The van der Waals surface area contributed by atoms with Crippen molar-refractivity contribution < 1.29 is 9.59 Å². The van der Waals surface area contributed by atoms with Crippen LogP contribution in [0.1, 0.15) is 32.3 Å². The maximum absolute atomic E-state index is 11.9. The summed E-state index contributed by atoms with van der Waals surface area (Å²) in [5, 5.41) is 5.51. The van der Waals surface area contributed by atoms with Crippen molar-refractivity contribution in [1.82, 2.24) is 0 Å². The van der Waals surface area contributed by atoms with Crippen LogP contribution in [0.5, 0.6) is 0 Å². The second-order valence-corrected chi connectivity index (χ2v) is 4.54. The van der Waals surface area contributed by atoms with Gasteiger partial charge < -0.3 is 16.4 Å². The summed E-state index contributed by atoms with van der Waals surface area (Å²) in [6.07, 6.45) is 1.51. The van der Waals surface area contributed by atoms with Gasteiger partial charge in [-0.3, -0.25) is 9.59 Å². The van der Waals surface area contributed by atoms with Gasteiger partial charge >= 0.3 is 0 Å². The van der Waals surface area contributed by atoms with Gasteiger partial charge in [-0.05, 0) is 31.0 Å². The van der Waals surface area contributed by atoms with Crippen LogP contribution in [-0.4, -0.2) is 17.9 Å². The quantitative estimate of drug-likeness (QED) is 0.781. The highest BCUT2D eigenvalue weighted by Gasteiger charge is 2.14. The van der Waals surface area contributed by atoms with E-state index in [-0.39, 0.29) is 24.2 Å². The number of nitrogens with two attached hydrogens (primary N) is 1. The van der Waals surface area contributed by atoms with Gasteiger partial charge in [-0.2, -0.15) is 0 Å². The van der Waals surface area contributed by atoms with Crippen LogP contribution in [0.4, 0.5) is 11.4 Å². The molecule has 1 unspecified atom stereocenters. The Bertz CT molecular complexity index is 477. The zero-order valence-corrected chi connectivity index (χ0v) is 12.8. The number of carbonyl (C=O) groups is 2. The molecule has 0 fully saturated rings. The summed E-state index contributed by atoms with van der Waals surface area (Å²) in [5.74, 6) is -0.348. The molecule has 6 heteroatoms. The van der Waals surface area contributed by atoms with Gasteiger partial charge in [0.05, 0.1) is 6.04 Å². The number of hydrogen-bond donors (Lipinski definition) is 3. The van der Waals surface area contributed by atoms with Gasteiger partial charge in [-0.1, -0.05) is 19.4 Å². The van der Waals surface area contributed by atoms with E-state index in [9.17, 15) is 9.59 Å². The molecule has 0 aliphatic carbocycles. The normalized spacial score (nSPS) is 11.2. The van der Waals surface area contributed by atoms with Crippen LogP contribution in [0.3, 0.4) is 0 Å². The lowest BCUT2D eigenvalue weighted by Gasteiger charge is -2.15.